The highest BCUT2D eigenvalue weighted by Crippen LogP contribution is 2.24. The van der Waals surface area contributed by atoms with Gasteiger partial charge in [-0.2, -0.15) is 0 Å². The third kappa shape index (κ3) is 2.50. The first-order valence-electron chi connectivity index (χ1n) is 4.90. The van der Waals surface area contributed by atoms with E-state index in [0.717, 1.165) is 17.4 Å². The Bertz CT molecular complexity index is 323. The molecule has 3 heteroatoms. The summed E-state index contributed by atoms with van der Waals surface area (Å²) in [5, 5.41) is 4.11. The fourth-order valence-corrected chi connectivity index (χ4v) is 2.29. The van der Waals surface area contributed by atoms with Crippen LogP contribution in [-0.2, 0) is 6.42 Å². The maximum atomic E-state index is 5.95. The molecule has 0 atom stereocenters. The molecule has 2 rings (SSSR count). The van der Waals surface area contributed by atoms with Crippen molar-refractivity contribution in [3.8, 4) is 0 Å². The van der Waals surface area contributed by atoms with Gasteiger partial charge in [-0.15, -0.1) is 0 Å². The van der Waals surface area contributed by atoms with E-state index in [1.54, 1.807) is 0 Å². The highest BCUT2D eigenvalue weighted by Gasteiger charge is 2.16. The molecule has 0 saturated carbocycles. The smallest absolute Gasteiger partial charge is 0.0409 e. The van der Waals surface area contributed by atoms with E-state index in [9.17, 15) is 0 Å². The fraction of sp³-hybridized carbons (Fsp3) is 0.455. The number of aryl methyl sites for hydroxylation is 1. The molecule has 0 aromatic heterocycles. The first kappa shape index (κ1) is 10.5. The van der Waals surface area contributed by atoms with Gasteiger partial charge in [0, 0.05) is 9.50 Å². The third-order valence-corrected chi connectivity index (χ3v) is 3.70. The third-order valence-electron chi connectivity index (χ3n) is 2.70. The molecular weight excluding hydrogens is 261 g/mol. The van der Waals surface area contributed by atoms with E-state index in [1.807, 2.05) is 12.1 Å². The van der Waals surface area contributed by atoms with Gasteiger partial charge in [0.05, 0.1) is 0 Å². The van der Waals surface area contributed by atoms with Gasteiger partial charge in [-0.05, 0) is 55.6 Å². The molecule has 1 aromatic rings. The van der Waals surface area contributed by atoms with Crippen molar-refractivity contribution in [2.45, 2.75) is 12.8 Å². The van der Waals surface area contributed by atoms with E-state index in [1.165, 1.54) is 29.5 Å². The van der Waals surface area contributed by atoms with Crippen LogP contribution in [0.1, 0.15) is 12.0 Å². The Labute approximate surface area is 98.0 Å². The largest absolute Gasteiger partial charge is 0.316 e. The van der Waals surface area contributed by atoms with Gasteiger partial charge in [-0.3, -0.25) is 0 Å². The van der Waals surface area contributed by atoms with Gasteiger partial charge in [-0.1, -0.05) is 27.5 Å². The molecule has 0 spiro atoms. The van der Waals surface area contributed by atoms with Crippen LogP contribution in [0.15, 0.2) is 22.7 Å². The minimum Gasteiger partial charge on any atom is -0.316 e. The van der Waals surface area contributed by atoms with Crippen LogP contribution in [0.4, 0.5) is 0 Å². The molecular formula is C11H13BrClN. The summed E-state index contributed by atoms with van der Waals surface area (Å²) in [5.41, 5.74) is 1.32. The number of hydrogen-bond acceptors (Lipinski definition) is 1. The molecule has 14 heavy (non-hydrogen) atoms. The standard InChI is InChI=1S/C11H13BrClN/c12-11-4-3-10(13)5-9(11)2-1-8-6-14-7-8/h3-5,8,14H,1-2,6-7H2. The van der Waals surface area contributed by atoms with Crippen molar-refractivity contribution >= 4 is 27.5 Å². The molecule has 1 aliphatic rings. The predicted octanol–water partition coefficient (Wildman–Crippen LogP) is 3.25. The van der Waals surface area contributed by atoms with Crippen molar-refractivity contribution in [3.05, 3.63) is 33.3 Å². The SMILES string of the molecule is Clc1ccc(Br)c(CCC2CNC2)c1. The van der Waals surface area contributed by atoms with Crippen molar-refractivity contribution in [3.63, 3.8) is 0 Å². The van der Waals surface area contributed by atoms with Crippen LogP contribution >= 0.6 is 27.5 Å². The molecule has 0 radical (unpaired) electrons. The van der Waals surface area contributed by atoms with Gasteiger partial charge in [-0.25, -0.2) is 0 Å². The van der Waals surface area contributed by atoms with Crippen LogP contribution in [0.3, 0.4) is 0 Å². The predicted molar refractivity (Wildman–Crippen MR) is 63.8 cm³/mol. The van der Waals surface area contributed by atoms with E-state index in [0.29, 0.717) is 0 Å². The lowest BCUT2D eigenvalue weighted by atomic mass is 9.95. The summed E-state index contributed by atoms with van der Waals surface area (Å²) in [4.78, 5) is 0. The van der Waals surface area contributed by atoms with Crippen molar-refractivity contribution in [1.82, 2.24) is 5.32 Å². The second kappa shape index (κ2) is 4.65. The van der Waals surface area contributed by atoms with Crippen LogP contribution < -0.4 is 5.32 Å². The van der Waals surface area contributed by atoms with Crippen LogP contribution in [0.5, 0.6) is 0 Å². The van der Waals surface area contributed by atoms with Gasteiger partial charge in [0.2, 0.25) is 0 Å². The maximum absolute atomic E-state index is 5.95. The van der Waals surface area contributed by atoms with Crippen LogP contribution in [0.2, 0.25) is 5.02 Å². The van der Waals surface area contributed by atoms with Crippen LogP contribution in [0, 0.1) is 5.92 Å². The number of rotatable bonds is 3. The minimum absolute atomic E-state index is 0.829. The highest BCUT2D eigenvalue weighted by molar-refractivity contribution is 9.10. The molecule has 1 saturated heterocycles. The lowest BCUT2D eigenvalue weighted by Crippen LogP contribution is -2.42. The number of halogens is 2. The summed E-state index contributed by atoms with van der Waals surface area (Å²) in [6, 6.07) is 5.99. The molecule has 1 aliphatic heterocycles. The van der Waals surface area contributed by atoms with Gasteiger partial charge in [0.15, 0.2) is 0 Å². The molecule has 0 bridgehead atoms. The van der Waals surface area contributed by atoms with Gasteiger partial charge in [0.1, 0.15) is 0 Å². The first-order valence-corrected chi connectivity index (χ1v) is 6.07. The molecule has 1 nitrogen and oxygen atoms in total. The second-order valence-corrected chi connectivity index (χ2v) is 5.09. The first-order chi connectivity index (χ1) is 6.75. The lowest BCUT2D eigenvalue weighted by molar-refractivity contribution is 0.327. The second-order valence-electron chi connectivity index (χ2n) is 3.80. The topological polar surface area (TPSA) is 12.0 Å². The zero-order chi connectivity index (χ0) is 9.97. The molecule has 1 aromatic carbocycles. The molecule has 0 amide bonds. The summed E-state index contributed by atoms with van der Waals surface area (Å²) >= 11 is 9.49. The molecule has 0 unspecified atom stereocenters. The molecule has 1 fully saturated rings. The average Bonchev–Trinajstić information content (AvgIpc) is 2.08. The Morgan fingerprint density at radius 1 is 1.43 bits per heavy atom. The number of hydrogen-bond donors (Lipinski definition) is 1. The van der Waals surface area contributed by atoms with Gasteiger partial charge >= 0.3 is 0 Å². The average molecular weight is 275 g/mol. The van der Waals surface area contributed by atoms with Crippen molar-refractivity contribution < 1.29 is 0 Å². The Morgan fingerprint density at radius 2 is 2.21 bits per heavy atom. The van der Waals surface area contributed by atoms with Crippen LogP contribution in [-0.4, -0.2) is 13.1 Å². The fourth-order valence-electron chi connectivity index (χ4n) is 1.65. The normalized spacial score (nSPS) is 16.7. The summed E-state index contributed by atoms with van der Waals surface area (Å²) in [6.45, 7) is 2.36. The Kier molecular flexibility index (Phi) is 3.47. The molecule has 76 valence electrons. The van der Waals surface area contributed by atoms with E-state index in [-0.39, 0.29) is 0 Å². The van der Waals surface area contributed by atoms with Crippen molar-refractivity contribution in [2.75, 3.05) is 13.1 Å². The minimum atomic E-state index is 0.829. The monoisotopic (exact) mass is 273 g/mol. The summed E-state index contributed by atoms with van der Waals surface area (Å²) in [7, 11) is 0. The van der Waals surface area contributed by atoms with Crippen molar-refractivity contribution in [2.24, 2.45) is 5.92 Å². The maximum Gasteiger partial charge on any atom is 0.0409 e. The van der Waals surface area contributed by atoms with E-state index < -0.39 is 0 Å². The van der Waals surface area contributed by atoms with Crippen molar-refractivity contribution in [1.29, 1.82) is 0 Å². The number of nitrogens with one attached hydrogen (secondary N) is 1. The Balaban J connectivity index is 1.96. The van der Waals surface area contributed by atoms with E-state index in [4.69, 9.17) is 11.6 Å². The summed E-state index contributed by atoms with van der Waals surface area (Å²) < 4.78 is 1.18. The summed E-state index contributed by atoms with van der Waals surface area (Å²) in [6.07, 6.45) is 2.37. The Morgan fingerprint density at radius 3 is 2.86 bits per heavy atom. The molecule has 0 aliphatic carbocycles. The lowest BCUT2D eigenvalue weighted by Gasteiger charge is -2.27. The van der Waals surface area contributed by atoms with E-state index in [2.05, 4.69) is 27.3 Å². The van der Waals surface area contributed by atoms with E-state index >= 15 is 0 Å². The van der Waals surface area contributed by atoms with Gasteiger partial charge < -0.3 is 5.32 Å². The molecule has 1 N–H and O–H groups in total. The highest BCUT2D eigenvalue weighted by atomic mass is 79.9. The number of benzene rings is 1. The van der Waals surface area contributed by atoms with Gasteiger partial charge in [0.25, 0.3) is 0 Å². The molecule has 1 heterocycles. The quantitative estimate of drug-likeness (QED) is 0.892. The Hall–Kier alpha value is -0.0500. The van der Waals surface area contributed by atoms with Crippen LogP contribution in [0.25, 0.3) is 0 Å². The zero-order valence-corrected chi connectivity index (χ0v) is 10.2. The zero-order valence-electron chi connectivity index (χ0n) is 7.89. The summed E-state index contributed by atoms with van der Waals surface area (Å²) in [5.74, 6) is 0.862.